The van der Waals surface area contributed by atoms with Crippen LogP contribution in [0.2, 0.25) is 0 Å². The smallest absolute Gasteiger partial charge is 0.255 e. The number of aromatic nitrogens is 1. The number of sulfonamides is 1. The van der Waals surface area contributed by atoms with Crippen LogP contribution < -0.4 is 10.0 Å². The van der Waals surface area contributed by atoms with E-state index in [0.717, 1.165) is 12.0 Å². The van der Waals surface area contributed by atoms with Crippen molar-refractivity contribution in [3.63, 3.8) is 0 Å². The maximum Gasteiger partial charge on any atom is 0.255 e. The molecule has 32 heavy (non-hydrogen) atoms. The molecule has 1 aliphatic heterocycles. The van der Waals surface area contributed by atoms with Gasteiger partial charge < -0.3 is 15.1 Å². The summed E-state index contributed by atoms with van der Waals surface area (Å²) in [6.07, 6.45) is 2.29. The zero-order valence-corrected chi connectivity index (χ0v) is 19.5. The number of nitrogens with one attached hydrogen (secondary N) is 2. The van der Waals surface area contributed by atoms with Crippen LogP contribution in [-0.2, 0) is 14.8 Å². The molecule has 2 aromatic rings. The highest BCUT2D eigenvalue weighted by Crippen LogP contribution is 2.22. The summed E-state index contributed by atoms with van der Waals surface area (Å²) >= 11 is 0. The van der Waals surface area contributed by atoms with Crippen molar-refractivity contribution in [2.75, 3.05) is 32.5 Å². The van der Waals surface area contributed by atoms with Gasteiger partial charge in [-0.3, -0.25) is 9.59 Å². The Morgan fingerprint density at radius 2 is 2.00 bits per heavy atom. The number of rotatable bonds is 7. The second-order valence-electron chi connectivity index (χ2n) is 7.90. The second-order valence-corrected chi connectivity index (χ2v) is 9.79. The summed E-state index contributed by atoms with van der Waals surface area (Å²) in [5.74, 6) is 0.456. The second kappa shape index (κ2) is 9.66. The highest BCUT2D eigenvalue weighted by atomic mass is 32.2. The van der Waals surface area contributed by atoms with Gasteiger partial charge in [0.1, 0.15) is 5.82 Å². The monoisotopic (exact) mass is 459 g/mol. The van der Waals surface area contributed by atoms with Gasteiger partial charge in [-0.2, -0.15) is 0 Å². The molecule has 2 atom stereocenters. The van der Waals surface area contributed by atoms with Crippen molar-refractivity contribution in [1.29, 1.82) is 0 Å². The van der Waals surface area contributed by atoms with E-state index in [1.54, 1.807) is 41.1 Å². The van der Waals surface area contributed by atoms with Gasteiger partial charge >= 0.3 is 0 Å². The first-order valence-electron chi connectivity index (χ1n) is 10.4. The minimum Gasteiger partial charge on any atom is -0.364 e. The summed E-state index contributed by atoms with van der Waals surface area (Å²) in [6.45, 7) is 4.54. The Labute approximate surface area is 188 Å². The lowest BCUT2D eigenvalue weighted by Crippen LogP contribution is -2.38. The molecule has 3 rings (SSSR count). The van der Waals surface area contributed by atoms with Crippen LogP contribution in [0.25, 0.3) is 0 Å². The zero-order chi connectivity index (χ0) is 23.5. The van der Waals surface area contributed by atoms with Crippen molar-refractivity contribution in [2.24, 2.45) is 0 Å². The lowest BCUT2D eigenvalue weighted by molar-refractivity contribution is -0.129. The predicted octanol–water partition coefficient (Wildman–Crippen LogP) is 1.86. The summed E-state index contributed by atoms with van der Waals surface area (Å²) in [5.41, 5.74) is 1.28. The third-order valence-corrected chi connectivity index (χ3v) is 7.22. The van der Waals surface area contributed by atoms with Crippen LogP contribution in [-0.4, -0.2) is 68.2 Å². The molecule has 2 N–H and O–H groups in total. The fraction of sp³-hybridized carbons (Fsp3) is 0.409. The molecule has 2 amide bonds. The molecule has 1 aromatic heterocycles. The number of carbonyl (C=O) groups excluding carboxylic acids is 2. The Bertz CT molecular complexity index is 1090. The van der Waals surface area contributed by atoms with Gasteiger partial charge in [0.25, 0.3) is 5.91 Å². The Morgan fingerprint density at radius 3 is 2.62 bits per heavy atom. The van der Waals surface area contributed by atoms with E-state index in [1.165, 1.54) is 26.2 Å². The van der Waals surface area contributed by atoms with Gasteiger partial charge in [-0.05, 0) is 50.2 Å². The van der Waals surface area contributed by atoms with Crippen molar-refractivity contribution in [1.82, 2.24) is 19.5 Å². The van der Waals surface area contributed by atoms with E-state index in [2.05, 4.69) is 15.0 Å². The van der Waals surface area contributed by atoms with E-state index in [0.29, 0.717) is 24.5 Å². The van der Waals surface area contributed by atoms with Crippen molar-refractivity contribution >= 4 is 27.7 Å². The Kier molecular flexibility index (Phi) is 7.15. The molecule has 10 heteroatoms. The molecule has 1 fully saturated rings. The van der Waals surface area contributed by atoms with Crippen molar-refractivity contribution in [3.8, 4) is 0 Å². The molecular formula is C22H29N5O4S. The van der Waals surface area contributed by atoms with Crippen LogP contribution in [0.5, 0.6) is 0 Å². The summed E-state index contributed by atoms with van der Waals surface area (Å²) in [6, 6.07) is 9.97. The SMILES string of the molecule is CNS(=O)(=O)c1cccc([C@H](C)Nc2ccc(C(=O)N3CC[C@H](N(C)C(C)=O)C3)cn2)c1. The summed E-state index contributed by atoms with van der Waals surface area (Å²) in [5, 5.41) is 3.23. The number of amides is 2. The molecule has 0 aliphatic carbocycles. The van der Waals surface area contributed by atoms with Gasteiger partial charge in [-0.25, -0.2) is 18.1 Å². The normalized spacial score (nSPS) is 17.1. The lowest BCUT2D eigenvalue weighted by atomic mass is 10.1. The third kappa shape index (κ3) is 5.25. The summed E-state index contributed by atoms with van der Waals surface area (Å²) in [7, 11) is -0.389. The first-order valence-corrected chi connectivity index (χ1v) is 11.9. The number of hydrogen-bond acceptors (Lipinski definition) is 6. The number of likely N-dealkylation sites (tertiary alicyclic amines) is 1. The minimum absolute atomic E-state index is 0.00962. The first kappa shape index (κ1) is 23.7. The van der Waals surface area contributed by atoms with E-state index in [4.69, 9.17) is 0 Å². The molecule has 0 radical (unpaired) electrons. The number of nitrogens with zero attached hydrogens (tertiary/aromatic N) is 3. The highest BCUT2D eigenvalue weighted by Gasteiger charge is 2.30. The zero-order valence-electron chi connectivity index (χ0n) is 18.7. The number of hydrogen-bond donors (Lipinski definition) is 2. The summed E-state index contributed by atoms with van der Waals surface area (Å²) < 4.78 is 26.4. The maximum atomic E-state index is 12.8. The molecule has 1 saturated heterocycles. The molecule has 9 nitrogen and oxygen atoms in total. The molecule has 0 spiro atoms. The molecule has 0 saturated carbocycles. The molecule has 1 aromatic carbocycles. The van der Waals surface area contributed by atoms with E-state index in [1.807, 2.05) is 13.0 Å². The average Bonchev–Trinajstić information content (AvgIpc) is 3.28. The average molecular weight is 460 g/mol. The molecule has 172 valence electrons. The topological polar surface area (TPSA) is 112 Å². The van der Waals surface area contributed by atoms with E-state index < -0.39 is 10.0 Å². The van der Waals surface area contributed by atoms with Crippen molar-refractivity contribution in [3.05, 3.63) is 53.7 Å². The number of carbonyl (C=O) groups is 2. The third-order valence-electron chi connectivity index (χ3n) is 5.81. The van der Waals surface area contributed by atoms with Gasteiger partial charge in [0.2, 0.25) is 15.9 Å². The molecule has 0 unspecified atom stereocenters. The van der Waals surface area contributed by atoms with Gasteiger partial charge in [-0.1, -0.05) is 12.1 Å². The lowest BCUT2D eigenvalue weighted by Gasteiger charge is -2.23. The van der Waals surface area contributed by atoms with E-state index in [-0.39, 0.29) is 28.8 Å². The maximum absolute atomic E-state index is 12.8. The van der Waals surface area contributed by atoms with E-state index in [9.17, 15) is 18.0 Å². The van der Waals surface area contributed by atoms with Crippen LogP contribution in [0.3, 0.4) is 0 Å². The van der Waals surface area contributed by atoms with E-state index >= 15 is 0 Å². The molecule has 1 aliphatic rings. The largest absolute Gasteiger partial charge is 0.364 e. The summed E-state index contributed by atoms with van der Waals surface area (Å²) in [4.78, 5) is 32.3. The first-order chi connectivity index (χ1) is 15.1. The predicted molar refractivity (Wildman–Crippen MR) is 122 cm³/mol. The van der Waals surface area contributed by atoms with Gasteiger partial charge in [0, 0.05) is 39.3 Å². The number of pyridine rings is 1. The molecule has 0 bridgehead atoms. The molecular weight excluding hydrogens is 430 g/mol. The number of likely N-dealkylation sites (N-methyl/N-ethyl adjacent to an activating group) is 1. The van der Waals surface area contributed by atoms with Crippen LogP contribution in [0.15, 0.2) is 47.5 Å². The van der Waals surface area contributed by atoms with Crippen LogP contribution in [0, 0.1) is 0 Å². The van der Waals surface area contributed by atoms with Gasteiger partial charge in [-0.15, -0.1) is 0 Å². The molecule has 2 heterocycles. The Balaban J connectivity index is 1.64. The van der Waals surface area contributed by atoms with Crippen molar-refractivity contribution in [2.45, 2.75) is 37.2 Å². The van der Waals surface area contributed by atoms with Crippen LogP contribution >= 0.6 is 0 Å². The van der Waals surface area contributed by atoms with Gasteiger partial charge in [0.15, 0.2) is 0 Å². The fourth-order valence-electron chi connectivity index (χ4n) is 3.66. The highest BCUT2D eigenvalue weighted by molar-refractivity contribution is 7.89. The number of anilines is 1. The van der Waals surface area contributed by atoms with Crippen molar-refractivity contribution < 1.29 is 18.0 Å². The Hall–Kier alpha value is -2.98. The fourth-order valence-corrected chi connectivity index (χ4v) is 4.45. The minimum atomic E-state index is -3.52. The van der Waals surface area contributed by atoms with Gasteiger partial charge in [0.05, 0.1) is 16.5 Å². The number of benzene rings is 1. The quantitative estimate of drug-likeness (QED) is 0.654. The Morgan fingerprint density at radius 1 is 1.25 bits per heavy atom. The van der Waals surface area contributed by atoms with Crippen LogP contribution in [0.1, 0.15) is 42.2 Å². The van der Waals surface area contributed by atoms with Crippen LogP contribution in [0.4, 0.5) is 5.82 Å². The standard InChI is InChI=1S/C22H29N5O4S/c1-15(17-6-5-7-20(12-17)32(30,31)23-3)25-21-9-8-18(13-24-21)22(29)27-11-10-19(14-27)26(4)16(2)28/h5-9,12-13,15,19,23H,10-11,14H2,1-4H3,(H,24,25)/t15-,19-/m0/s1.